The van der Waals surface area contributed by atoms with Crippen LogP contribution >= 0.6 is 0 Å². The maximum Gasteiger partial charge on any atom is 3.00 e. The number of amides is 2. The van der Waals surface area contributed by atoms with Gasteiger partial charge in [0.05, 0.1) is 56.0 Å². The Hall–Kier alpha value is -3.45. The summed E-state index contributed by atoms with van der Waals surface area (Å²) in [7, 11) is 0. The zero-order valence-electron chi connectivity index (χ0n) is 42.9. The van der Waals surface area contributed by atoms with Crippen molar-refractivity contribution in [1.82, 2.24) is 25.3 Å². The van der Waals surface area contributed by atoms with E-state index in [2.05, 4.69) is 31.4 Å². The van der Waals surface area contributed by atoms with Gasteiger partial charge in [-0.05, 0) is 123 Å². The fraction of sp³-hybridized carbons (Fsp3) is 0.750. The van der Waals surface area contributed by atoms with E-state index in [0.717, 1.165) is 36.1 Å². The molecule has 4 aliphatic rings. The molecule has 1 radical (unpaired) electrons. The number of fused-ring (bicyclic) bond motifs is 5. The van der Waals surface area contributed by atoms with Crippen LogP contribution in [-0.2, 0) is 44.9 Å². The topological polar surface area (TPSA) is 333 Å². The van der Waals surface area contributed by atoms with Crippen molar-refractivity contribution in [2.75, 3.05) is 65.5 Å². The summed E-state index contributed by atoms with van der Waals surface area (Å²) in [5, 5.41) is 93.5. The van der Waals surface area contributed by atoms with Crippen LogP contribution in [0.1, 0.15) is 103 Å². The summed E-state index contributed by atoms with van der Waals surface area (Å²) in [6.07, 6.45) is 5.03. The number of carboxylic acids is 5. The molecule has 0 heterocycles. The van der Waals surface area contributed by atoms with Crippen LogP contribution in [0, 0.1) is 86.3 Å². The Bertz CT molecular complexity index is 2020. The van der Waals surface area contributed by atoms with Crippen molar-refractivity contribution >= 4 is 41.7 Å². The summed E-state index contributed by atoms with van der Waals surface area (Å²) in [6, 6.07) is 6.51. The van der Waals surface area contributed by atoms with Gasteiger partial charge >= 0.3 is 51.9 Å². The van der Waals surface area contributed by atoms with Crippen LogP contribution in [0.4, 0.5) is 0 Å². The number of ether oxygens (including phenoxy) is 1. The van der Waals surface area contributed by atoms with Gasteiger partial charge in [0.1, 0.15) is 12.1 Å². The second-order valence-electron chi connectivity index (χ2n) is 21.8. The molecule has 415 valence electrons. The van der Waals surface area contributed by atoms with Crippen molar-refractivity contribution in [3.63, 3.8) is 0 Å². The first-order valence-corrected chi connectivity index (χ1v) is 26.0. The fourth-order valence-corrected chi connectivity index (χ4v) is 13.3. The van der Waals surface area contributed by atoms with Crippen LogP contribution in [0.2, 0.25) is 0 Å². The zero-order chi connectivity index (χ0) is 53.6. The maximum absolute atomic E-state index is 13.8. The molecule has 22 heteroatoms. The third-order valence-electron chi connectivity index (χ3n) is 17.2. The molecule has 0 saturated heterocycles. The maximum atomic E-state index is 13.8. The monoisotopic (exact) mass is 1190 g/mol. The number of aliphatic carboxylic acids is 5. The normalized spacial score (nSPS) is 28.4. The van der Waals surface area contributed by atoms with Crippen LogP contribution in [0.25, 0.3) is 0 Å². The minimum atomic E-state index is -1.56. The van der Waals surface area contributed by atoms with Crippen molar-refractivity contribution in [2.24, 2.45) is 46.3 Å². The average Bonchev–Trinajstić information content (AvgIpc) is 3.68. The number of unbranched alkanes of at least 4 members (excludes halogenated alkanes) is 1. The molecule has 6 unspecified atom stereocenters. The predicted octanol–water partition coefficient (Wildman–Crippen LogP) is -1.95. The third-order valence-corrected chi connectivity index (χ3v) is 17.2. The molecule has 0 bridgehead atoms. The van der Waals surface area contributed by atoms with Crippen LogP contribution in [0.5, 0.6) is 0 Å². The predicted molar refractivity (Wildman–Crippen MR) is 256 cm³/mol. The van der Waals surface area contributed by atoms with Gasteiger partial charge in [-0.3, -0.25) is 29.1 Å². The summed E-state index contributed by atoms with van der Waals surface area (Å²) in [6.45, 7) is 2.68. The molecule has 4 aliphatic carbocycles. The van der Waals surface area contributed by atoms with Crippen LogP contribution < -0.4 is 26.0 Å². The van der Waals surface area contributed by atoms with Gasteiger partial charge in [-0.15, -0.1) is 0 Å². The number of rotatable bonds is 31. The molecule has 7 N–H and O–H groups in total. The van der Waals surface area contributed by atoms with E-state index in [-0.39, 0.29) is 159 Å². The number of aliphatic hydroxyl groups is 3. The minimum Gasteiger partial charge on any atom is -0.549 e. The van der Waals surface area contributed by atoms with Crippen molar-refractivity contribution < 1.29 is 119 Å². The van der Waals surface area contributed by atoms with Gasteiger partial charge in [-0.25, -0.2) is 4.79 Å². The Kier molecular flexibility index (Phi) is 25.0. The Morgan fingerprint density at radius 3 is 2.07 bits per heavy atom. The van der Waals surface area contributed by atoms with Crippen molar-refractivity contribution in [3.05, 3.63) is 35.9 Å². The van der Waals surface area contributed by atoms with Gasteiger partial charge in [-0.2, -0.15) is 0 Å². The molecule has 74 heavy (non-hydrogen) atoms. The zero-order valence-corrected chi connectivity index (χ0v) is 45.2. The van der Waals surface area contributed by atoms with Crippen LogP contribution in [-0.4, -0.2) is 178 Å². The largest absolute Gasteiger partial charge is 3.00 e. The smallest absolute Gasteiger partial charge is 0.549 e. The molecule has 13 atom stereocenters. The molecule has 0 spiro atoms. The van der Waals surface area contributed by atoms with E-state index in [1.54, 1.807) is 30.3 Å². The van der Waals surface area contributed by atoms with Gasteiger partial charge < -0.3 is 70.6 Å². The molecule has 5 rings (SSSR count). The standard InChI is InChI=1S/C52H81N5O16.Gd/c1-32(36-13-14-37-48-38(25-42(60)52(36,37)3)51(2)17-16-35(58)23-34(51)24-41(48)59)12-15-43(61)54-39(50(71)72)11-7-8-18-53-49(70)40(31-73-30-33-9-5-4-6-10-33)57(29-47(68)69)22-21-55(26-44(62)63)19-20-56(27-45(64)65)28-46(66)67;/h4-6,9-10,32,34-42,48,58-60H,7-8,11-31H2,1-3H3,(H,53,70)(H,54,61)(H,62,63)(H,64,65)(H,66,67)(H,68,69)(H,71,72);/q;+3/p-3/t32?,34-,35+,36+,37?,38?,39?,40?,41+,42-,48?,51-,52+;/m0./s1. The second kappa shape index (κ2) is 29.3. The van der Waals surface area contributed by atoms with Gasteiger partial charge in [0.15, 0.2) is 0 Å². The summed E-state index contributed by atoms with van der Waals surface area (Å²) < 4.78 is 5.87. The molecule has 2 amide bonds. The number of aliphatic hydroxyl groups excluding tert-OH is 3. The summed E-state index contributed by atoms with van der Waals surface area (Å²) in [4.78, 5) is 89.2. The number of nitrogens with zero attached hydrogens (tertiary/aromatic N) is 3. The molecular formula is C52H78GdN5O16. The Morgan fingerprint density at radius 2 is 1.43 bits per heavy atom. The Morgan fingerprint density at radius 1 is 0.784 bits per heavy atom. The quantitative estimate of drug-likeness (QED) is 0.0397. The second-order valence-corrected chi connectivity index (χ2v) is 21.8. The van der Waals surface area contributed by atoms with Gasteiger partial charge in [0, 0.05) is 58.8 Å². The number of hydrogen-bond acceptors (Lipinski definition) is 17. The molecule has 21 nitrogen and oxygen atoms in total. The van der Waals surface area contributed by atoms with Crippen molar-refractivity contribution in [3.8, 4) is 0 Å². The number of carboxylic acid groups (broad SMARTS) is 5. The van der Waals surface area contributed by atoms with E-state index in [4.69, 9.17) is 4.74 Å². The van der Waals surface area contributed by atoms with Gasteiger partial charge in [-0.1, -0.05) is 51.1 Å². The van der Waals surface area contributed by atoms with E-state index in [9.17, 15) is 74.4 Å². The SMILES string of the molecule is CC(CCC(=O)NC(CCCCNC(=O)C(COCc1ccccc1)N(CCN(CCN(CC(=O)[O-])CC(=O)[O-])CC(=O)O)CC(=O)[O-])C(=O)O)[C@H]1CCC2C3C(C[C@H](O)[C@@]21C)[C@@]1(C)CC[C@@H](O)C[C@H]1C[C@H]3O.[Gd+3]. The molecule has 0 aliphatic heterocycles. The fourth-order valence-electron chi connectivity index (χ4n) is 13.3. The summed E-state index contributed by atoms with van der Waals surface area (Å²) in [5.74, 6) is -7.54. The van der Waals surface area contributed by atoms with Gasteiger partial charge in [0.2, 0.25) is 11.8 Å². The number of nitrogens with one attached hydrogen (secondary N) is 2. The Balaban J connectivity index is 0.0000119. The molecule has 4 fully saturated rings. The first kappa shape index (κ1) is 63.1. The molecule has 4 saturated carbocycles. The average molecular weight is 1190 g/mol. The van der Waals surface area contributed by atoms with E-state index >= 15 is 0 Å². The molecule has 0 aromatic heterocycles. The van der Waals surface area contributed by atoms with Gasteiger partial charge in [0.25, 0.3) is 0 Å². The molecule has 1 aromatic rings. The van der Waals surface area contributed by atoms with E-state index < -0.39 is 97.5 Å². The van der Waals surface area contributed by atoms with Crippen molar-refractivity contribution in [2.45, 2.75) is 135 Å². The van der Waals surface area contributed by atoms with E-state index in [0.29, 0.717) is 25.7 Å². The van der Waals surface area contributed by atoms with Crippen LogP contribution in [0.15, 0.2) is 30.3 Å². The number of carbonyl (C=O) groups is 7. The molecule has 1 aromatic carbocycles. The Labute approximate surface area is 465 Å². The first-order chi connectivity index (χ1) is 34.5. The number of carbonyl (C=O) groups excluding carboxylic acids is 5. The van der Waals surface area contributed by atoms with E-state index in [1.807, 2.05) is 0 Å². The summed E-state index contributed by atoms with van der Waals surface area (Å²) in [5.41, 5.74) is 0.270. The van der Waals surface area contributed by atoms with Crippen molar-refractivity contribution in [1.29, 1.82) is 0 Å². The van der Waals surface area contributed by atoms with Crippen LogP contribution in [0.3, 0.4) is 0 Å². The number of hydrogen-bond donors (Lipinski definition) is 7. The third kappa shape index (κ3) is 17.3. The minimum absolute atomic E-state index is 0. The van der Waals surface area contributed by atoms with E-state index in [1.165, 1.54) is 9.80 Å². The molecular weight excluding hydrogens is 1110 g/mol. The number of benzene rings is 1. The first-order valence-electron chi connectivity index (χ1n) is 26.0. The summed E-state index contributed by atoms with van der Waals surface area (Å²) >= 11 is 0.